The van der Waals surface area contributed by atoms with Crippen molar-refractivity contribution >= 4 is 0 Å². The molecule has 4 nitrogen and oxygen atoms in total. The van der Waals surface area contributed by atoms with Crippen LogP contribution < -0.4 is 10.1 Å². The number of ether oxygens (including phenoxy) is 2. The van der Waals surface area contributed by atoms with E-state index in [4.69, 9.17) is 9.47 Å². The third kappa shape index (κ3) is 3.23. The highest BCUT2D eigenvalue weighted by atomic mass is 16.5. The minimum absolute atomic E-state index is 0.163. The van der Waals surface area contributed by atoms with Gasteiger partial charge in [-0.15, -0.1) is 0 Å². The predicted molar refractivity (Wildman–Crippen MR) is 81.8 cm³/mol. The van der Waals surface area contributed by atoms with E-state index in [9.17, 15) is 5.11 Å². The van der Waals surface area contributed by atoms with Crippen LogP contribution in [0.25, 0.3) is 0 Å². The van der Waals surface area contributed by atoms with Crippen LogP contribution in [0.5, 0.6) is 5.75 Å². The minimum atomic E-state index is -0.217. The second-order valence-corrected chi connectivity index (χ2v) is 6.27. The molecular weight excluding hydrogens is 266 g/mol. The quantitative estimate of drug-likeness (QED) is 0.867. The van der Waals surface area contributed by atoms with Gasteiger partial charge in [-0.2, -0.15) is 0 Å². The van der Waals surface area contributed by atoms with E-state index in [-0.39, 0.29) is 12.1 Å². The number of methoxy groups -OCH3 is 1. The Hall–Kier alpha value is -1.10. The summed E-state index contributed by atoms with van der Waals surface area (Å²) in [6.45, 7) is 1.87. The Labute approximate surface area is 126 Å². The van der Waals surface area contributed by atoms with Crippen molar-refractivity contribution in [2.24, 2.45) is 0 Å². The third-order valence-corrected chi connectivity index (χ3v) is 4.85. The zero-order valence-corrected chi connectivity index (χ0v) is 12.7. The lowest BCUT2D eigenvalue weighted by Crippen LogP contribution is -2.54. The normalized spacial score (nSPS) is 28.4. The maximum absolute atomic E-state index is 9.93. The molecule has 0 spiro atoms. The van der Waals surface area contributed by atoms with Crippen molar-refractivity contribution in [1.29, 1.82) is 0 Å². The van der Waals surface area contributed by atoms with Crippen molar-refractivity contribution in [2.45, 2.75) is 43.7 Å². The van der Waals surface area contributed by atoms with Gasteiger partial charge in [0.05, 0.1) is 19.8 Å². The fourth-order valence-electron chi connectivity index (χ4n) is 3.44. The molecule has 4 heteroatoms. The molecule has 2 unspecified atom stereocenters. The van der Waals surface area contributed by atoms with Gasteiger partial charge in [0.1, 0.15) is 5.75 Å². The fraction of sp³-hybridized carbons (Fsp3) is 0.647. The van der Waals surface area contributed by atoms with E-state index in [1.807, 2.05) is 6.07 Å². The molecule has 2 aliphatic rings. The van der Waals surface area contributed by atoms with E-state index in [1.54, 1.807) is 7.11 Å². The first-order chi connectivity index (χ1) is 10.2. The molecule has 0 bridgehead atoms. The SMILES string of the molecule is COc1ccc2c(c1)CC(CO)(NCC1CCCO1)CC2. The molecule has 1 aliphatic heterocycles. The van der Waals surface area contributed by atoms with Crippen molar-refractivity contribution < 1.29 is 14.6 Å². The summed E-state index contributed by atoms with van der Waals surface area (Å²) in [6, 6.07) is 6.27. The fourth-order valence-corrected chi connectivity index (χ4v) is 3.44. The van der Waals surface area contributed by atoms with E-state index in [2.05, 4.69) is 17.4 Å². The Morgan fingerprint density at radius 1 is 1.43 bits per heavy atom. The lowest BCUT2D eigenvalue weighted by Gasteiger charge is -2.38. The lowest BCUT2D eigenvalue weighted by molar-refractivity contribution is 0.0831. The monoisotopic (exact) mass is 291 g/mol. The number of aliphatic hydroxyl groups is 1. The maximum Gasteiger partial charge on any atom is 0.119 e. The van der Waals surface area contributed by atoms with Crippen LogP contribution in [0.3, 0.4) is 0 Å². The van der Waals surface area contributed by atoms with Crippen molar-refractivity contribution in [1.82, 2.24) is 5.32 Å². The lowest BCUT2D eigenvalue weighted by atomic mass is 9.78. The van der Waals surface area contributed by atoms with Crippen LogP contribution in [0.2, 0.25) is 0 Å². The predicted octanol–water partition coefficient (Wildman–Crippen LogP) is 1.68. The zero-order chi connectivity index (χ0) is 14.7. The number of hydrogen-bond donors (Lipinski definition) is 2. The summed E-state index contributed by atoms with van der Waals surface area (Å²) in [7, 11) is 1.69. The summed E-state index contributed by atoms with van der Waals surface area (Å²) >= 11 is 0. The summed E-state index contributed by atoms with van der Waals surface area (Å²) in [4.78, 5) is 0. The summed E-state index contributed by atoms with van der Waals surface area (Å²) in [5.41, 5.74) is 2.44. The van der Waals surface area contributed by atoms with Gasteiger partial charge in [-0.25, -0.2) is 0 Å². The van der Waals surface area contributed by atoms with Crippen LogP contribution in [0, 0.1) is 0 Å². The maximum atomic E-state index is 9.93. The second-order valence-electron chi connectivity index (χ2n) is 6.27. The molecule has 2 atom stereocenters. The number of benzene rings is 1. The molecule has 1 aromatic carbocycles. The van der Waals surface area contributed by atoms with E-state index in [0.29, 0.717) is 6.10 Å². The molecule has 1 aromatic rings. The molecule has 21 heavy (non-hydrogen) atoms. The third-order valence-electron chi connectivity index (χ3n) is 4.85. The molecule has 1 fully saturated rings. The Morgan fingerprint density at radius 3 is 3.05 bits per heavy atom. The molecule has 1 saturated heterocycles. The molecule has 0 radical (unpaired) electrons. The summed E-state index contributed by atoms with van der Waals surface area (Å²) in [5, 5.41) is 13.5. The highest BCUT2D eigenvalue weighted by Crippen LogP contribution is 2.31. The van der Waals surface area contributed by atoms with Crippen molar-refractivity contribution in [3.8, 4) is 5.75 Å². The van der Waals surface area contributed by atoms with Gasteiger partial charge in [0, 0.05) is 18.7 Å². The van der Waals surface area contributed by atoms with Gasteiger partial charge in [0.15, 0.2) is 0 Å². The van der Waals surface area contributed by atoms with E-state index < -0.39 is 0 Å². The molecule has 1 heterocycles. The number of fused-ring (bicyclic) bond motifs is 1. The Kier molecular flexibility index (Phi) is 4.48. The molecule has 1 aliphatic carbocycles. The van der Waals surface area contributed by atoms with Crippen molar-refractivity contribution in [2.75, 3.05) is 26.9 Å². The summed E-state index contributed by atoms with van der Waals surface area (Å²) in [6.07, 6.45) is 5.40. The van der Waals surface area contributed by atoms with Gasteiger partial charge in [-0.1, -0.05) is 6.07 Å². The number of hydrogen-bond acceptors (Lipinski definition) is 4. The van der Waals surface area contributed by atoms with Crippen LogP contribution in [-0.2, 0) is 17.6 Å². The number of aliphatic hydroxyl groups excluding tert-OH is 1. The van der Waals surface area contributed by atoms with Crippen LogP contribution >= 0.6 is 0 Å². The second kappa shape index (κ2) is 6.34. The molecule has 0 aromatic heterocycles. The van der Waals surface area contributed by atoms with Gasteiger partial charge >= 0.3 is 0 Å². The van der Waals surface area contributed by atoms with Crippen LogP contribution in [-0.4, -0.2) is 43.6 Å². The van der Waals surface area contributed by atoms with Gasteiger partial charge in [-0.3, -0.25) is 0 Å². The minimum Gasteiger partial charge on any atom is -0.497 e. The van der Waals surface area contributed by atoms with Crippen molar-refractivity contribution in [3.05, 3.63) is 29.3 Å². The smallest absolute Gasteiger partial charge is 0.119 e. The van der Waals surface area contributed by atoms with E-state index >= 15 is 0 Å². The van der Waals surface area contributed by atoms with Crippen LogP contribution in [0.4, 0.5) is 0 Å². The number of rotatable bonds is 5. The molecule has 116 valence electrons. The topological polar surface area (TPSA) is 50.7 Å². The zero-order valence-electron chi connectivity index (χ0n) is 12.7. The van der Waals surface area contributed by atoms with Gasteiger partial charge < -0.3 is 19.9 Å². The van der Waals surface area contributed by atoms with Gasteiger partial charge in [-0.05, 0) is 55.4 Å². The highest BCUT2D eigenvalue weighted by Gasteiger charge is 2.34. The average molecular weight is 291 g/mol. The Bertz CT molecular complexity index is 485. The molecule has 3 rings (SSSR count). The number of nitrogens with one attached hydrogen (secondary N) is 1. The summed E-state index contributed by atoms with van der Waals surface area (Å²) in [5.74, 6) is 0.890. The largest absolute Gasteiger partial charge is 0.497 e. The van der Waals surface area contributed by atoms with Crippen LogP contribution in [0.1, 0.15) is 30.4 Å². The summed E-state index contributed by atoms with van der Waals surface area (Å²) < 4.78 is 11.0. The van der Waals surface area contributed by atoms with Gasteiger partial charge in [0.2, 0.25) is 0 Å². The highest BCUT2D eigenvalue weighted by molar-refractivity contribution is 5.39. The Balaban J connectivity index is 1.70. The number of aryl methyl sites for hydroxylation is 1. The first-order valence-corrected chi connectivity index (χ1v) is 7.88. The van der Waals surface area contributed by atoms with Gasteiger partial charge in [0.25, 0.3) is 0 Å². The molecular formula is C17H25NO3. The standard InChI is InChI=1S/C17H25NO3/c1-20-15-5-4-13-6-7-17(12-19,10-14(13)9-15)18-11-16-3-2-8-21-16/h4-5,9,16,18-19H,2-3,6-8,10-12H2,1H3. The van der Waals surface area contributed by atoms with Crippen LogP contribution in [0.15, 0.2) is 18.2 Å². The molecule has 0 amide bonds. The first-order valence-electron chi connectivity index (χ1n) is 7.88. The first kappa shape index (κ1) is 14.8. The molecule has 2 N–H and O–H groups in total. The van der Waals surface area contributed by atoms with Crippen molar-refractivity contribution in [3.63, 3.8) is 0 Å². The Morgan fingerprint density at radius 2 is 2.33 bits per heavy atom. The van der Waals surface area contributed by atoms with E-state index in [1.165, 1.54) is 11.1 Å². The van der Waals surface area contributed by atoms with E-state index in [0.717, 1.165) is 51.0 Å². The average Bonchev–Trinajstić information content (AvgIpc) is 3.05. The molecule has 0 saturated carbocycles.